The SMILES string of the molecule is CCC[C@@H]([C@@H](Cc1ccccc1)C(=O)O)N(O)C=O. The lowest BCUT2D eigenvalue weighted by Gasteiger charge is -2.28. The van der Waals surface area contributed by atoms with Crippen molar-refractivity contribution < 1.29 is 19.9 Å². The fourth-order valence-corrected chi connectivity index (χ4v) is 2.15. The minimum absolute atomic E-state index is 0.265. The van der Waals surface area contributed by atoms with Crippen molar-refractivity contribution in [2.45, 2.75) is 32.2 Å². The normalized spacial score (nSPS) is 13.6. The molecular formula is C14H19NO4. The van der Waals surface area contributed by atoms with Gasteiger partial charge in [-0.3, -0.25) is 14.8 Å². The predicted octanol–water partition coefficient (Wildman–Crippen LogP) is 1.95. The van der Waals surface area contributed by atoms with Crippen LogP contribution in [0.15, 0.2) is 30.3 Å². The van der Waals surface area contributed by atoms with Crippen LogP contribution in [0.25, 0.3) is 0 Å². The molecule has 0 radical (unpaired) electrons. The van der Waals surface area contributed by atoms with Crippen LogP contribution in [0.3, 0.4) is 0 Å². The van der Waals surface area contributed by atoms with E-state index in [4.69, 9.17) is 0 Å². The summed E-state index contributed by atoms with van der Waals surface area (Å²) in [6.45, 7) is 1.88. The average molecular weight is 265 g/mol. The Morgan fingerprint density at radius 1 is 1.37 bits per heavy atom. The Kier molecular flexibility index (Phi) is 6.02. The molecule has 0 aliphatic heterocycles. The lowest BCUT2D eigenvalue weighted by molar-refractivity contribution is -0.172. The fraction of sp³-hybridized carbons (Fsp3) is 0.429. The quantitative estimate of drug-likeness (QED) is 0.428. The summed E-state index contributed by atoms with van der Waals surface area (Å²) in [5, 5.41) is 19.3. The Morgan fingerprint density at radius 2 is 2.00 bits per heavy atom. The molecule has 0 saturated heterocycles. The van der Waals surface area contributed by atoms with E-state index >= 15 is 0 Å². The lowest BCUT2D eigenvalue weighted by Crippen LogP contribution is -2.42. The fourth-order valence-electron chi connectivity index (χ4n) is 2.15. The number of amides is 1. The van der Waals surface area contributed by atoms with Crippen molar-refractivity contribution in [2.75, 3.05) is 0 Å². The topological polar surface area (TPSA) is 77.8 Å². The molecule has 0 saturated carbocycles. The Labute approximate surface area is 112 Å². The Morgan fingerprint density at radius 3 is 2.47 bits per heavy atom. The highest BCUT2D eigenvalue weighted by atomic mass is 16.5. The largest absolute Gasteiger partial charge is 0.481 e. The number of carbonyl (C=O) groups excluding carboxylic acids is 1. The van der Waals surface area contributed by atoms with E-state index in [1.165, 1.54) is 0 Å². The van der Waals surface area contributed by atoms with Crippen LogP contribution in [0, 0.1) is 5.92 Å². The maximum Gasteiger partial charge on any atom is 0.309 e. The average Bonchev–Trinajstić information content (AvgIpc) is 2.42. The second-order valence-corrected chi connectivity index (χ2v) is 4.48. The molecule has 2 N–H and O–H groups in total. The third kappa shape index (κ3) is 4.37. The first-order chi connectivity index (χ1) is 9.10. The standard InChI is InChI=1S/C14H19NO4/c1-2-6-13(15(19)10-16)12(14(17)18)9-11-7-4-3-5-8-11/h3-5,7-8,10,12-13,19H,2,6,9H2,1H3,(H,17,18)/t12-,13+/m1/s1. The molecule has 0 bridgehead atoms. The second kappa shape index (κ2) is 7.53. The summed E-state index contributed by atoms with van der Waals surface area (Å²) in [5.41, 5.74) is 0.871. The number of hydrogen-bond acceptors (Lipinski definition) is 3. The number of aliphatic carboxylic acids is 1. The maximum atomic E-state index is 11.4. The van der Waals surface area contributed by atoms with E-state index in [0.717, 1.165) is 5.56 Å². The van der Waals surface area contributed by atoms with Gasteiger partial charge in [0.2, 0.25) is 6.41 Å². The zero-order valence-corrected chi connectivity index (χ0v) is 10.9. The van der Waals surface area contributed by atoms with Crippen molar-refractivity contribution >= 4 is 12.4 Å². The zero-order chi connectivity index (χ0) is 14.3. The van der Waals surface area contributed by atoms with Crippen LogP contribution in [0.1, 0.15) is 25.3 Å². The number of hydroxylamine groups is 2. The highest BCUT2D eigenvalue weighted by Crippen LogP contribution is 2.20. The number of rotatable bonds is 8. The van der Waals surface area contributed by atoms with E-state index in [2.05, 4.69) is 0 Å². The van der Waals surface area contributed by atoms with Crippen molar-refractivity contribution in [1.29, 1.82) is 0 Å². The summed E-state index contributed by atoms with van der Waals surface area (Å²) in [7, 11) is 0. The Bertz CT molecular complexity index is 407. The van der Waals surface area contributed by atoms with Gasteiger partial charge in [-0.05, 0) is 18.4 Å². The molecule has 104 valence electrons. The lowest BCUT2D eigenvalue weighted by atomic mass is 9.89. The molecule has 0 aliphatic rings. The van der Waals surface area contributed by atoms with Crippen molar-refractivity contribution in [2.24, 2.45) is 5.92 Å². The van der Waals surface area contributed by atoms with Gasteiger partial charge >= 0.3 is 5.97 Å². The van der Waals surface area contributed by atoms with Crippen LogP contribution in [-0.2, 0) is 16.0 Å². The molecule has 1 rings (SSSR count). The minimum Gasteiger partial charge on any atom is -0.481 e. The highest BCUT2D eigenvalue weighted by Gasteiger charge is 2.31. The highest BCUT2D eigenvalue weighted by molar-refractivity contribution is 5.71. The van der Waals surface area contributed by atoms with Gasteiger partial charge in [-0.25, -0.2) is 5.06 Å². The van der Waals surface area contributed by atoms with Crippen LogP contribution < -0.4 is 0 Å². The molecule has 1 amide bonds. The van der Waals surface area contributed by atoms with Crippen LogP contribution >= 0.6 is 0 Å². The van der Waals surface area contributed by atoms with Gasteiger partial charge in [-0.2, -0.15) is 0 Å². The number of carboxylic acid groups (broad SMARTS) is 1. The minimum atomic E-state index is -1.01. The molecule has 1 aromatic rings. The molecule has 0 spiro atoms. The third-order valence-electron chi connectivity index (χ3n) is 3.11. The van der Waals surface area contributed by atoms with E-state index in [9.17, 15) is 19.9 Å². The van der Waals surface area contributed by atoms with Gasteiger partial charge in [0.15, 0.2) is 0 Å². The number of hydrogen-bond donors (Lipinski definition) is 2. The van der Waals surface area contributed by atoms with E-state index in [1.807, 2.05) is 37.3 Å². The summed E-state index contributed by atoms with van der Waals surface area (Å²) < 4.78 is 0. The molecule has 0 fully saturated rings. The van der Waals surface area contributed by atoms with Gasteiger partial charge in [0.1, 0.15) is 0 Å². The van der Waals surface area contributed by atoms with Gasteiger partial charge in [0, 0.05) is 0 Å². The van der Waals surface area contributed by atoms with Gasteiger partial charge < -0.3 is 5.11 Å². The van der Waals surface area contributed by atoms with E-state index < -0.39 is 17.9 Å². The zero-order valence-electron chi connectivity index (χ0n) is 10.9. The third-order valence-corrected chi connectivity index (χ3v) is 3.11. The number of nitrogens with zero attached hydrogens (tertiary/aromatic N) is 1. The molecule has 0 unspecified atom stereocenters. The maximum absolute atomic E-state index is 11.4. The molecule has 0 aromatic heterocycles. The Hall–Kier alpha value is -1.88. The summed E-state index contributed by atoms with van der Waals surface area (Å²) in [6.07, 6.45) is 1.68. The van der Waals surface area contributed by atoms with Crippen LogP contribution in [-0.4, -0.2) is 33.8 Å². The van der Waals surface area contributed by atoms with Crippen LogP contribution in [0.5, 0.6) is 0 Å². The summed E-state index contributed by atoms with van der Waals surface area (Å²) in [4.78, 5) is 22.1. The van der Waals surface area contributed by atoms with E-state index in [1.54, 1.807) is 0 Å². The summed E-state index contributed by atoms with van der Waals surface area (Å²) in [5.74, 6) is -1.83. The monoisotopic (exact) mass is 265 g/mol. The van der Waals surface area contributed by atoms with Gasteiger partial charge in [-0.1, -0.05) is 43.7 Å². The second-order valence-electron chi connectivity index (χ2n) is 4.48. The van der Waals surface area contributed by atoms with E-state index in [0.29, 0.717) is 17.9 Å². The van der Waals surface area contributed by atoms with Crippen molar-refractivity contribution in [3.63, 3.8) is 0 Å². The van der Waals surface area contributed by atoms with Crippen LogP contribution in [0.4, 0.5) is 0 Å². The van der Waals surface area contributed by atoms with E-state index in [-0.39, 0.29) is 12.8 Å². The van der Waals surface area contributed by atoms with Crippen LogP contribution in [0.2, 0.25) is 0 Å². The number of carboxylic acids is 1. The molecule has 0 heterocycles. The number of carbonyl (C=O) groups is 2. The summed E-state index contributed by atoms with van der Waals surface area (Å²) >= 11 is 0. The molecule has 5 heteroatoms. The first kappa shape index (κ1) is 15.2. The first-order valence-corrected chi connectivity index (χ1v) is 6.29. The molecule has 5 nitrogen and oxygen atoms in total. The van der Waals surface area contributed by atoms with Crippen molar-refractivity contribution in [3.8, 4) is 0 Å². The van der Waals surface area contributed by atoms with Gasteiger partial charge in [0.25, 0.3) is 0 Å². The molecular weight excluding hydrogens is 246 g/mol. The molecule has 0 aliphatic carbocycles. The summed E-state index contributed by atoms with van der Waals surface area (Å²) in [6, 6.07) is 8.48. The Balaban J connectivity index is 2.90. The van der Waals surface area contributed by atoms with Crippen molar-refractivity contribution in [1.82, 2.24) is 5.06 Å². The smallest absolute Gasteiger partial charge is 0.309 e. The van der Waals surface area contributed by atoms with Crippen molar-refractivity contribution in [3.05, 3.63) is 35.9 Å². The number of benzene rings is 1. The first-order valence-electron chi connectivity index (χ1n) is 6.29. The molecule has 1 aromatic carbocycles. The molecule has 19 heavy (non-hydrogen) atoms. The van der Waals surface area contributed by atoms with Gasteiger partial charge in [0.05, 0.1) is 12.0 Å². The predicted molar refractivity (Wildman–Crippen MR) is 69.7 cm³/mol. The van der Waals surface area contributed by atoms with Gasteiger partial charge in [-0.15, -0.1) is 0 Å². The molecule has 2 atom stereocenters.